The fraction of sp³-hybridized carbons (Fsp3) is 0.0526. The van der Waals surface area contributed by atoms with Crippen molar-refractivity contribution in [2.75, 3.05) is 0 Å². The molecule has 3 rings (SSSR count). The monoisotopic (exact) mass is 355 g/mol. The SMILES string of the molecule is C=C(C(=O)O)C(Oc1ccccc1)c1cc(-c2ccccc2Cl)no1. The molecule has 0 saturated carbocycles. The Kier molecular flexibility index (Phi) is 4.86. The first-order chi connectivity index (χ1) is 12.1. The van der Waals surface area contributed by atoms with Gasteiger partial charge in [0, 0.05) is 11.6 Å². The number of hydrogen-bond donors (Lipinski definition) is 1. The van der Waals surface area contributed by atoms with Crippen molar-refractivity contribution >= 4 is 17.6 Å². The molecular weight excluding hydrogens is 342 g/mol. The average Bonchev–Trinajstić information content (AvgIpc) is 3.10. The van der Waals surface area contributed by atoms with Gasteiger partial charge in [-0.25, -0.2) is 4.79 Å². The quantitative estimate of drug-likeness (QED) is 0.645. The largest absolute Gasteiger partial charge is 0.478 e. The number of rotatable bonds is 6. The Morgan fingerprint density at radius 2 is 1.84 bits per heavy atom. The zero-order valence-corrected chi connectivity index (χ0v) is 13.8. The summed E-state index contributed by atoms with van der Waals surface area (Å²) in [5.74, 6) is -0.464. The minimum atomic E-state index is -1.18. The van der Waals surface area contributed by atoms with Crippen molar-refractivity contribution in [2.24, 2.45) is 0 Å². The van der Waals surface area contributed by atoms with Crippen molar-refractivity contribution < 1.29 is 19.2 Å². The van der Waals surface area contributed by atoms with Crippen LogP contribution in [0.4, 0.5) is 0 Å². The molecule has 1 N–H and O–H groups in total. The first-order valence-corrected chi connectivity index (χ1v) is 7.79. The van der Waals surface area contributed by atoms with Crippen molar-refractivity contribution in [1.29, 1.82) is 0 Å². The van der Waals surface area contributed by atoms with Gasteiger partial charge in [-0.15, -0.1) is 0 Å². The van der Waals surface area contributed by atoms with Gasteiger partial charge in [-0.1, -0.05) is 59.7 Å². The van der Waals surface area contributed by atoms with Crippen LogP contribution < -0.4 is 4.74 Å². The van der Waals surface area contributed by atoms with Crippen LogP contribution in [-0.2, 0) is 4.79 Å². The Labute approximate surface area is 149 Å². The Morgan fingerprint density at radius 3 is 2.52 bits per heavy atom. The van der Waals surface area contributed by atoms with Crippen LogP contribution in [0.3, 0.4) is 0 Å². The third-order valence-electron chi connectivity index (χ3n) is 3.52. The number of ether oxygens (including phenoxy) is 1. The maximum Gasteiger partial charge on any atom is 0.335 e. The lowest BCUT2D eigenvalue weighted by Gasteiger charge is -2.16. The number of para-hydroxylation sites is 1. The molecule has 0 fully saturated rings. The lowest BCUT2D eigenvalue weighted by atomic mass is 10.1. The van der Waals surface area contributed by atoms with Crippen LogP contribution in [0.2, 0.25) is 5.02 Å². The van der Waals surface area contributed by atoms with Crippen LogP contribution in [0.15, 0.2) is 77.3 Å². The second-order valence-electron chi connectivity index (χ2n) is 5.24. The second kappa shape index (κ2) is 7.23. The second-order valence-corrected chi connectivity index (χ2v) is 5.64. The zero-order chi connectivity index (χ0) is 17.8. The number of carbonyl (C=O) groups is 1. The number of aliphatic carboxylic acids is 1. The smallest absolute Gasteiger partial charge is 0.335 e. The number of carboxylic acids is 1. The number of nitrogens with zero attached hydrogens (tertiary/aromatic N) is 1. The van der Waals surface area contributed by atoms with Gasteiger partial charge in [0.1, 0.15) is 11.4 Å². The van der Waals surface area contributed by atoms with E-state index >= 15 is 0 Å². The van der Waals surface area contributed by atoms with E-state index in [0.717, 1.165) is 0 Å². The summed E-state index contributed by atoms with van der Waals surface area (Å²) in [6, 6.07) is 17.6. The highest BCUT2D eigenvalue weighted by Gasteiger charge is 2.27. The third-order valence-corrected chi connectivity index (χ3v) is 3.85. The van der Waals surface area contributed by atoms with Crippen molar-refractivity contribution in [3.05, 3.63) is 83.6 Å². The predicted octanol–water partition coefficient (Wildman–Crippen LogP) is 4.76. The molecule has 0 bridgehead atoms. The first-order valence-electron chi connectivity index (χ1n) is 7.41. The highest BCUT2D eigenvalue weighted by molar-refractivity contribution is 6.33. The molecule has 3 aromatic rings. The van der Waals surface area contributed by atoms with Crippen LogP contribution >= 0.6 is 11.6 Å². The summed E-state index contributed by atoms with van der Waals surface area (Å²) in [7, 11) is 0. The molecule has 0 aliphatic carbocycles. The molecule has 0 aliphatic heterocycles. The van der Waals surface area contributed by atoms with E-state index in [9.17, 15) is 9.90 Å². The van der Waals surface area contributed by atoms with Gasteiger partial charge in [-0.05, 0) is 18.2 Å². The molecule has 0 saturated heterocycles. The molecule has 2 aromatic carbocycles. The number of aromatic nitrogens is 1. The van der Waals surface area contributed by atoms with E-state index in [1.807, 2.05) is 12.1 Å². The van der Waals surface area contributed by atoms with Crippen molar-refractivity contribution in [3.63, 3.8) is 0 Å². The molecular formula is C19H14ClNO4. The lowest BCUT2D eigenvalue weighted by Crippen LogP contribution is -2.15. The van der Waals surface area contributed by atoms with Crippen LogP contribution in [-0.4, -0.2) is 16.2 Å². The van der Waals surface area contributed by atoms with E-state index in [0.29, 0.717) is 22.0 Å². The van der Waals surface area contributed by atoms with Crippen LogP contribution in [0.25, 0.3) is 11.3 Å². The maximum absolute atomic E-state index is 11.4. The maximum atomic E-state index is 11.4. The third kappa shape index (κ3) is 3.72. The van der Waals surface area contributed by atoms with Gasteiger partial charge in [0.05, 0.1) is 10.6 Å². The molecule has 5 nitrogen and oxygen atoms in total. The van der Waals surface area contributed by atoms with Crippen molar-refractivity contribution in [2.45, 2.75) is 6.10 Å². The molecule has 0 radical (unpaired) electrons. The number of carboxylic acid groups (broad SMARTS) is 1. The van der Waals surface area contributed by atoms with Gasteiger partial charge in [0.15, 0.2) is 11.9 Å². The van der Waals surface area contributed by atoms with Gasteiger partial charge in [-0.2, -0.15) is 0 Å². The summed E-state index contributed by atoms with van der Waals surface area (Å²) >= 11 is 6.17. The lowest BCUT2D eigenvalue weighted by molar-refractivity contribution is -0.133. The standard InChI is InChI=1S/C19H14ClNO4/c1-12(19(22)23)18(24-13-7-3-2-4-8-13)17-11-16(21-25-17)14-9-5-6-10-15(14)20/h2-11,18H,1H2,(H,22,23). The normalized spacial score (nSPS) is 11.7. The minimum absolute atomic E-state index is 0.161. The van der Waals surface area contributed by atoms with Gasteiger partial charge in [0.25, 0.3) is 0 Å². The molecule has 0 amide bonds. The molecule has 25 heavy (non-hydrogen) atoms. The van der Waals surface area contributed by atoms with Crippen molar-refractivity contribution in [3.8, 4) is 17.0 Å². The fourth-order valence-electron chi connectivity index (χ4n) is 2.26. The van der Waals surface area contributed by atoms with E-state index in [2.05, 4.69) is 11.7 Å². The van der Waals surface area contributed by atoms with E-state index in [-0.39, 0.29) is 11.3 Å². The van der Waals surface area contributed by atoms with Crippen LogP contribution in [0.5, 0.6) is 5.75 Å². The van der Waals surface area contributed by atoms with E-state index in [4.69, 9.17) is 20.9 Å². The van der Waals surface area contributed by atoms with Crippen LogP contribution in [0, 0.1) is 0 Å². The van der Waals surface area contributed by atoms with E-state index < -0.39 is 12.1 Å². The number of hydrogen-bond acceptors (Lipinski definition) is 4. The molecule has 1 unspecified atom stereocenters. The van der Waals surface area contributed by atoms with Crippen LogP contribution in [0.1, 0.15) is 11.9 Å². The highest BCUT2D eigenvalue weighted by Crippen LogP contribution is 2.32. The van der Waals surface area contributed by atoms with Gasteiger partial charge in [0.2, 0.25) is 0 Å². The van der Waals surface area contributed by atoms with Gasteiger partial charge in [-0.3, -0.25) is 0 Å². The summed E-state index contributed by atoms with van der Waals surface area (Å²) in [4.78, 5) is 11.4. The Hall–Kier alpha value is -3.05. The summed E-state index contributed by atoms with van der Waals surface area (Å²) in [6.45, 7) is 3.59. The first kappa shape index (κ1) is 16.8. The summed E-state index contributed by atoms with van der Waals surface area (Å²) in [5.41, 5.74) is 1.00. The average molecular weight is 356 g/mol. The van der Waals surface area contributed by atoms with Crippen molar-refractivity contribution in [1.82, 2.24) is 5.16 Å². The van der Waals surface area contributed by atoms with E-state index in [1.54, 1.807) is 48.5 Å². The predicted molar refractivity (Wildman–Crippen MR) is 93.5 cm³/mol. The molecule has 0 aliphatic rings. The zero-order valence-electron chi connectivity index (χ0n) is 13.1. The van der Waals surface area contributed by atoms with Gasteiger partial charge < -0.3 is 14.4 Å². The summed E-state index contributed by atoms with van der Waals surface area (Å²) in [6.07, 6.45) is -1.01. The molecule has 0 spiro atoms. The number of benzene rings is 2. The summed E-state index contributed by atoms with van der Waals surface area (Å²) < 4.78 is 11.1. The molecule has 1 heterocycles. The Morgan fingerprint density at radius 1 is 1.16 bits per heavy atom. The Bertz CT molecular complexity index is 905. The highest BCUT2D eigenvalue weighted by atomic mass is 35.5. The summed E-state index contributed by atoms with van der Waals surface area (Å²) in [5, 5.41) is 13.8. The van der Waals surface area contributed by atoms with E-state index in [1.165, 1.54) is 0 Å². The fourth-order valence-corrected chi connectivity index (χ4v) is 2.49. The molecule has 1 aromatic heterocycles. The molecule has 126 valence electrons. The number of halogens is 1. The Balaban J connectivity index is 1.95. The van der Waals surface area contributed by atoms with Gasteiger partial charge >= 0.3 is 5.97 Å². The minimum Gasteiger partial charge on any atom is -0.478 e. The molecule has 1 atom stereocenters. The molecule has 6 heteroatoms. The topological polar surface area (TPSA) is 72.6 Å².